The molecule has 102 valence electrons. The van der Waals surface area contributed by atoms with E-state index in [1.165, 1.54) is 6.33 Å². The Balaban J connectivity index is 1.89. The van der Waals surface area contributed by atoms with E-state index in [0.717, 1.165) is 24.4 Å². The fraction of sp³-hybridized carbons (Fsp3) is 0.455. The topological polar surface area (TPSA) is 125 Å². The minimum atomic E-state index is -0.282. The first-order valence-corrected chi connectivity index (χ1v) is 6.17. The molecule has 2 heterocycles. The number of H-pyrrole nitrogens is 2. The van der Waals surface area contributed by atoms with Gasteiger partial charge in [0.05, 0.1) is 11.4 Å². The van der Waals surface area contributed by atoms with Crippen molar-refractivity contribution in [1.29, 1.82) is 0 Å². The molecule has 0 radical (unpaired) electrons. The lowest BCUT2D eigenvalue weighted by atomic mass is 10.2. The van der Waals surface area contributed by atoms with Crippen molar-refractivity contribution in [3.63, 3.8) is 0 Å². The second-order valence-corrected chi connectivity index (χ2v) is 4.15. The number of anilines is 1. The van der Waals surface area contributed by atoms with Crippen molar-refractivity contribution >= 4 is 11.6 Å². The number of rotatable bonds is 6. The number of hydrogen-bond donors (Lipinski definition) is 4. The Morgan fingerprint density at radius 3 is 2.95 bits per heavy atom. The number of nitrogens with two attached hydrogens (primary N) is 1. The van der Waals surface area contributed by atoms with Crippen molar-refractivity contribution in [3.8, 4) is 0 Å². The fourth-order valence-electron chi connectivity index (χ4n) is 1.73. The highest BCUT2D eigenvalue weighted by molar-refractivity contribution is 5.97. The maximum atomic E-state index is 11.9. The highest BCUT2D eigenvalue weighted by Crippen LogP contribution is 2.15. The summed E-state index contributed by atoms with van der Waals surface area (Å²) in [5.74, 6) is 0.442. The smallest absolute Gasteiger partial charge is 0.273 e. The van der Waals surface area contributed by atoms with E-state index in [2.05, 4.69) is 30.7 Å². The first-order valence-electron chi connectivity index (χ1n) is 6.17. The summed E-state index contributed by atoms with van der Waals surface area (Å²) in [4.78, 5) is 15.9. The van der Waals surface area contributed by atoms with Gasteiger partial charge in [-0.15, -0.1) is 0 Å². The molecule has 0 fully saturated rings. The lowest BCUT2D eigenvalue weighted by Gasteiger charge is -2.02. The molecule has 0 atom stereocenters. The molecule has 0 saturated carbocycles. The Morgan fingerprint density at radius 1 is 1.42 bits per heavy atom. The molecule has 0 saturated heterocycles. The lowest BCUT2D eigenvalue weighted by Crippen LogP contribution is -2.27. The number of carbonyl (C=O) groups excluding carboxylic acids is 1. The third-order valence-electron chi connectivity index (χ3n) is 2.71. The summed E-state index contributed by atoms with van der Waals surface area (Å²) in [5, 5.41) is 15.9. The molecule has 0 unspecified atom stereocenters. The quantitative estimate of drug-likeness (QED) is 0.585. The zero-order valence-corrected chi connectivity index (χ0v) is 10.7. The van der Waals surface area contributed by atoms with Gasteiger partial charge in [-0.1, -0.05) is 13.3 Å². The zero-order valence-electron chi connectivity index (χ0n) is 10.7. The predicted molar refractivity (Wildman–Crippen MR) is 69.4 cm³/mol. The SMILES string of the molecule is CCCc1[nH]nc(C(=O)NCCc2ncn[nH]2)c1N. The van der Waals surface area contributed by atoms with Gasteiger partial charge >= 0.3 is 0 Å². The second-order valence-electron chi connectivity index (χ2n) is 4.15. The summed E-state index contributed by atoms with van der Waals surface area (Å²) in [6.45, 7) is 2.49. The number of nitrogen functional groups attached to an aromatic ring is 1. The summed E-state index contributed by atoms with van der Waals surface area (Å²) in [6.07, 6.45) is 3.74. The van der Waals surface area contributed by atoms with Crippen molar-refractivity contribution < 1.29 is 4.79 Å². The highest BCUT2D eigenvalue weighted by atomic mass is 16.1. The molecular weight excluding hydrogens is 246 g/mol. The van der Waals surface area contributed by atoms with Gasteiger partial charge in [0.15, 0.2) is 5.69 Å². The van der Waals surface area contributed by atoms with Gasteiger partial charge in [0.25, 0.3) is 5.91 Å². The van der Waals surface area contributed by atoms with E-state index in [1.807, 2.05) is 6.92 Å². The van der Waals surface area contributed by atoms with Crippen LogP contribution < -0.4 is 11.1 Å². The number of aromatic amines is 2. The molecule has 0 spiro atoms. The minimum absolute atomic E-state index is 0.251. The van der Waals surface area contributed by atoms with Crippen LogP contribution in [0.3, 0.4) is 0 Å². The summed E-state index contributed by atoms with van der Waals surface area (Å²) in [5.41, 5.74) is 7.36. The summed E-state index contributed by atoms with van der Waals surface area (Å²) < 4.78 is 0. The molecule has 0 aromatic carbocycles. The molecule has 8 heteroatoms. The van der Waals surface area contributed by atoms with E-state index >= 15 is 0 Å². The predicted octanol–water partition coefficient (Wildman–Crippen LogP) is 0.0350. The van der Waals surface area contributed by atoms with Gasteiger partial charge in [-0.25, -0.2) is 4.98 Å². The number of amides is 1. The third-order valence-corrected chi connectivity index (χ3v) is 2.71. The Labute approximate surface area is 110 Å². The van der Waals surface area contributed by atoms with Gasteiger partial charge in [-0.3, -0.25) is 15.0 Å². The summed E-state index contributed by atoms with van der Waals surface area (Å²) >= 11 is 0. The van der Waals surface area contributed by atoms with Crippen molar-refractivity contribution in [2.75, 3.05) is 12.3 Å². The van der Waals surface area contributed by atoms with E-state index in [4.69, 9.17) is 5.73 Å². The number of nitrogens with one attached hydrogen (secondary N) is 3. The van der Waals surface area contributed by atoms with Crippen LogP contribution in [0.5, 0.6) is 0 Å². The summed E-state index contributed by atoms with van der Waals surface area (Å²) in [6, 6.07) is 0. The average Bonchev–Trinajstić information content (AvgIpc) is 3.01. The van der Waals surface area contributed by atoms with Crippen LogP contribution in [0.25, 0.3) is 0 Å². The maximum absolute atomic E-state index is 11.9. The van der Waals surface area contributed by atoms with Gasteiger partial charge < -0.3 is 11.1 Å². The number of hydrogen-bond acceptors (Lipinski definition) is 5. The largest absolute Gasteiger partial charge is 0.395 e. The number of aromatic nitrogens is 5. The Morgan fingerprint density at radius 2 is 2.26 bits per heavy atom. The van der Waals surface area contributed by atoms with Crippen LogP contribution in [0.4, 0.5) is 5.69 Å². The number of aryl methyl sites for hydroxylation is 1. The van der Waals surface area contributed by atoms with Gasteiger partial charge in [-0.05, 0) is 6.42 Å². The first kappa shape index (κ1) is 13.1. The van der Waals surface area contributed by atoms with Crippen LogP contribution in [0.15, 0.2) is 6.33 Å². The molecule has 0 aliphatic rings. The molecule has 19 heavy (non-hydrogen) atoms. The molecule has 2 rings (SSSR count). The van der Waals surface area contributed by atoms with Gasteiger partial charge in [0, 0.05) is 13.0 Å². The minimum Gasteiger partial charge on any atom is -0.395 e. The van der Waals surface area contributed by atoms with Crippen LogP contribution >= 0.6 is 0 Å². The Kier molecular flexibility index (Phi) is 4.11. The Bertz CT molecular complexity index is 531. The first-order chi connectivity index (χ1) is 9.22. The van der Waals surface area contributed by atoms with Gasteiger partial charge in [0.1, 0.15) is 12.2 Å². The van der Waals surface area contributed by atoms with Crippen LogP contribution in [0, 0.1) is 0 Å². The van der Waals surface area contributed by atoms with Crippen LogP contribution in [-0.2, 0) is 12.8 Å². The van der Waals surface area contributed by atoms with E-state index in [0.29, 0.717) is 18.7 Å². The van der Waals surface area contributed by atoms with Crippen LogP contribution in [-0.4, -0.2) is 37.8 Å². The highest BCUT2D eigenvalue weighted by Gasteiger charge is 2.16. The van der Waals surface area contributed by atoms with Crippen molar-refractivity contribution in [1.82, 2.24) is 30.7 Å². The summed E-state index contributed by atoms with van der Waals surface area (Å²) in [7, 11) is 0. The lowest BCUT2D eigenvalue weighted by molar-refractivity contribution is 0.0950. The van der Waals surface area contributed by atoms with Gasteiger partial charge in [0.2, 0.25) is 0 Å². The van der Waals surface area contributed by atoms with E-state index < -0.39 is 0 Å². The van der Waals surface area contributed by atoms with Crippen molar-refractivity contribution in [2.24, 2.45) is 0 Å². The molecular formula is C11H17N7O. The maximum Gasteiger partial charge on any atom is 0.273 e. The zero-order chi connectivity index (χ0) is 13.7. The molecule has 2 aromatic heterocycles. The average molecular weight is 263 g/mol. The number of carbonyl (C=O) groups is 1. The molecule has 0 bridgehead atoms. The monoisotopic (exact) mass is 263 g/mol. The normalized spacial score (nSPS) is 10.6. The molecule has 2 aromatic rings. The second kappa shape index (κ2) is 5.98. The van der Waals surface area contributed by atoms with Gasteiger partial charge in [-0.2, -0.15) is 10.2 Å². The number of nitrogens with zero attached hydrogens (tertiary/aromatic N) is 3. The van der Waals surface area contributed by atoms with Crippen molar-refractivity contribution in [2.45, 2.75) is 26.2 Å². The molecule has 5 N–H and O–H groups in total. The van der Waals surface area contributed by atoms with E-state index in [9.17, 15) is 4.79 Å². The van der Waals surface area contributed by atoms with Crippen LogP contribution in [0.1, 0.15) is 35.4 Å². The molecule has 1 amide bonds. The standard InChI is InChI=1S/C11H17N7O/c1-2-3-7-9(12)10(18-16-7)11(19)13-5-4-8-14-6-15-17-8/h6H,2-5,12H2,1H3,(H,13,19)(H,16,18)(H,14,15,17). The van der Waals surface area contributed by atoms with Crippen LogP contribution in [0.2, 0.25) is 0 Å². The van der Waals surface area contributed by atoms with E-state index in [-0.39, 0.29) is 11.6 Å². The fourth-order valence-corrected chi connectivity index (χ4v) is 1.73. The van der Waals surface area contributed by atoms with Crippen molar-refractivity contribution in [3.05, 3.63) is 23.5 Å². The third kappa shape index (κ3) is 3.09. The molecule has 0 aliphatic heterocycles. The molecule has 0 aliphatic carbocycles. The van der Waals surface area contributed by atoms with E-state index in [1.54, 1.807) is 0 Å². The molecule has 8 nitrogen and oxygen atoms in total. The Hall–Kier alpha value is -2.38.